The first kappa shape index (κ1) is 22.1. The van der Waals surface area contributed by atoms with Crippen molar-refractivity contribution in [3.8, 4) is 28.5 Å². The number of nitrogens with one attached hydrogen (secondary N) is 2. The molecule has 3 aromatic rings. The van der Waals surface area contributed by atoms with Crippen molar-refractivity contribution in [2.45, 2.75) is 26.3 Å². The average Bonchev–Trinajstić information content (AvgIpc) is 2.77. The van der Waals surface area contributed by atoms with Crippen LogP contribution in [0, 0.1) is 0 Å². The van der Waals surface area contributed by atoms with Crippen molar-refractivity contribution < 1.29 is 19.0 Å². The Morgan fingerprint density at radius 3 is 2.42 bits per heavy atom. The number of hydrogen-bond donors (Lipinski definition) is 2. The van der Waals surface area contributed by atoms with Gasteiger partial charge in [0.25, 0.3) is 0 Å². The first-order valence-electron chi connectivity index (χ1n) is 10.0. The molecule has 164 valence electrons. The van der Waals surface area contributed by atoms with Gasteiger partial charge >= 0.3 is 0 Å². The number of anilines is 1. The molecular formula is C23H28N4O4. The number of methoxy groups -OCH3 is 3. The summed E-state index contributed by atoms with van der Waals surface area (Å²) < 4.78 is 16.4. The molecule has 0 radical (unpaired) electrons. The standard InChI is InChI=1S/C23H28N4O4/c1-14(26-15(2)28)8-10-25-23-17-7-6-9-24-19(17)13-18(27-23)16-11-20(29-3)22(31-5)21(12-16)30-4/h6-7,9,11-14H,8,10H2,1-5H3,(H,25,27)(H,26,28)/t14-/m1/s1. The minimum absolute atomic E-state index is 0.0373. The number of pyridine rings is 2. The fraction of sp³-hybridized carbons (Fsp3) is 0.348. The van der Waals surface area contributed by atoms with E-state index in [-0.39, 0.29) is 11.9 Å². The van der Waals surface area contributed by atoms with E-state index >= 15 is 0 Å². The summed E-state index contributed by atoms with van der Waals surface area (Å²) in [5, 5.41) is 7.20. The van der Waals surface area contributed by atoms with E-state index < -0.39 is 0 Å². The minimum Gasteiger partial charge on any atom is -0.493 e. The maximum Gasteiger partial charge on any atom is 0.217 e. The van der Waals surface area contributed by atoms with Gasteiger partial charge in [-0.05, 0) is 43.7 Å². The van der Waals surface area contributed by atoms with E-state index in [4.69, 9.17) is 19.2 Å². The molecule has 31 heavy (non-hydrogen) atoms. The van der Waals surface area contributed by atoms with Gasteiger partial charge in [-0.15, -0.1) is 0 Å². The second-order valence-electron chi connectivity index (χ2n) is 7.16. The normalized spacial score (nSPS) is 11.6. The van der Waals surface area contributed by atoms with Crippen molar-refractivity contribution >= 4 is 22.6 Å². The predicted octanol–water partition coefficient (Wildman–Crippen LogP) is 3.65. The maximum absolute atomic E-state index is 11.2. The summed E-state index contributed by atoms with van der Waals surface area (Å²) in [7, 11) is 4.74. The number of amides is 1. The van der Waals surface area contributed by atoms with Gasteiger partial charge in [-0.3, -0.25) is 9.78 Å². The van der Waals surface area contributed by atoms with Gasteiger partial charge in [0.2, 0.25) is 11.7 Å². The Kier molecular flexibility index (Phi) is 7.12. The smallest absolute Gasteiger partial charge is 0.217 e. The molecule has 0 saturated carbocycles. The highest BCUT2D eigenvalue weighted by Crippen LogP contribution is 2.41. The predicted molar refractivity (Wildman–Crippen MR) is 121 cm³/mol. The van der Waals surface area contributed by atoms with E-state index in [0.29, 0.717) is 23.8 Å². The van der Waals surface area contributed by atoms with Crippen molar-refractivity contribution in [1.82, 2.24) is 15.3 Å². The van der Waals surface area contributed by atoms with Gasteiger partial charge in [-0.25, -0.2) is 4.98 Å². The SMILES string of the molecule is COc1cc(-c2cc3ncccc3c(NCC[C@@H](C)NC(C)=O)n2)cc(OC)c1OC. The fourth-order valence-electron chi connectivity index (χ4n) is 3.41. The summed E-state index contributed by atoms with van der Waals surface area (Å²) in [6.45, 7) is 4.14. The summed E-state index contributed by atoms with van der Waals surface area (Å²) in [5.74, 6) is 2.32. The van der Waals surface area contributed by atoms with Gasteiger partial charge in [0, 0.05) is 36.7 Å². The molecule has 2 N–H and O–H groups in total. The zero-order chi connectivity index (χ0) is 22.4. The number of benzene rings is 1. The van der Waals surface area contributed by atoms with Crippen molar-refractivity contribution in [3.05, 3.63) is 36.5 Å². The number of rotatable bonds is 9. The summed E-state index contributed by atoms with van der Waals surface area (Å²) in [6.07, 6.45) is 2.52. The van der Waals surface area contributed by atoms with Crippen LogP contribution in [0.1, 0.15) is 20.3 Å². The number of carbonyl (C=O) groups is 1. The lowest BCUT2D eigenvalue weighted by molar-refractivity contribution is -0.119. The van der Waals surface area contributed by atoms with E-state index in [1.165, 1.54) is 6.92 Å². The molecule has 0 saturated heterocycles. The van der Waals surface area contributed by atoms with Crippen LogP contribution >= 0.6 is 0 Å². The molecule has 0 aliphatic carbocycles. The van der Waals surface area contributed by atoms with E-state index in [1.54, 1.807) is 27.5 Å². The van der Waals surface area contributed by atoms with Crippen LogP contribution in [0.3, 0.4) is 0 Å². The van der Waals surface area contributed by atoms with Crippen LogP contribution in [0.4, 0.5) is 5.82 Å². The van der Waals surface area contributed by atoms with Crippen molar-refractivity contribution in [2.75, 3.05) is 33.2 Å². The highest BCUT2D eigenvalue weighted by molar-refractivity contribution is 5.92. The Bertz CT molecular complexity index is 1050. The van der Waals surface area contributed by atoms with Crippen LogP contribution < -0.4 is 24.8 Å². The average molecular weight is 425 g/mol. The van der Waals surface area contributed by atoms with Crippen LogP contribution in [0.25, 0.3) is 22.2 Å². The van der Waals surface area contributed by atoms with Gasteiger partial charge in [-0.1, -0.05) is 0 Å². The van der Waals surface area contributed by atoms with E-state index in [1.807, 2.05) is 37.3 Å². The largest absolute Gasteiger partial charge is 0.493 e. The molecule has 1 amide bonds. The lowest BCUT2D eigenvalue weighted by Crippen LogP contribution is -2.31. The molecule has 0 unspecified atom stereocenters. The molecule has 1 atom stereocenters. The number of hydrogen-bond acceptors (Lipinski definition) is 7. The molecule has 0 aliphatic rings. The van der Waals surface area contributed by atoms with Gasteiger partial charge in [0.15, 0.2) is 11.5 Å². The van der Waals surface area contributed by atoms with E-state index in [9.17, 15) is 4.79 Å². The van der Waals surface area contributed by atoms with Gasteiger partial charge in [0.05, 0.1) is 32.5 Å². The second kappa shape index (κ2) is 9.97. The maximum atomic E-state index is 11.2. The van der Waals surface area contributed by atoms with Crippen LogP contribution in [-0.4, -0.2) is 49.8 Å². The van der Waals surface area contributed by atoms with Gasteiger partial charge < -0.3 is 24.8 Å². The topological polar surface area (TPSA) is 94.6 Å². The summed E-state index contributed by atoms with van der Waals surface area (Å²) >= 11 is 0. The highest BCUT2D eigenvalue weighted by Gasteiger charge is 2.16. The Hall–Kier alpha value is -3.55. The molecule has 0 spiro atoms. The molecule has 2 heterocycles. The molecule has 2 aromatic heterocycles. The van der Waals surface area contributed by atoms with E-state index in [2.05, 4.69) is 15.6 Å². The number of fused-ring (bicyclic) bond motifs is 1. The third-order valence-corrected chi connectivity index (χ3v) is 4.88. The number of carbonyl (C=O) groups excluding carboxylic acids is 1. The number of aromatic nitrogens is 2. The second-order valence-corrected chi connectivity index (χ2v) is 7.16. The fourth-order valence-corrected chi connectivity index (χ4v) is 3.41. The Morgan fingerprint density at radius 2 is 1.81 bits per heavy atom. The lowest BCUT2D eigenvalue weighted by Gasteiger charge is -2.16. The Balaban J connectivity index is 1.98. The van der Waals surface area contributed by atoms with Crippen LogP contribution in [0.5, 0.6) is 17.2 Å². The molecule has 0 aliphatic heterocycles. The Labute approximate surface area is 181 Å². The third-order valence-electron chi connectivity index (χ3n) is 4.88. The highest BCUT2D eigenvalue weighted by atomic mass is 16.5. The minimum atomic E-state index is -0.0373. The van der Waals surface area contributed by atoms with Gasteiger partial charge in [-0.2, -0.15) is 0 Å². The zero-order valence-corrected chi connectivity index (χ0v) is 18.5. The molecule has 3 rings (SSSR count). The summed E-state index contributed by atoms with van der Waals surface area (Å²) in [6, 6.07) is 9.58. The summed E-state index contributed by atoms with van der Waals surface area (Å²) in [5.41, 5.74) is 2.36. The monoisotopic (exact) mass is 424 g/mol. The molecule has 0 bridgehead atoms. The number of ether oxygens (including phenoxy) is 3. The molecule has 8 nitrogen and oxygen atoms in total. The third kappa shape index (κ3) is 5.14. The molecular weight excluding hydrogens is 396 g/mol. The first-order chi connectivity index (χ1) is 15.0. The Morgan fingerprint density at radius 1 is 1.10 bits per heavy atom. The molecule has 0 fully saturated rings. The lowest BCUT2D eigenvalue weighted by atomic mass is 10.1. The quantitative estimate of drug-likeness (QED) is 0.541. The molecule has 8 heteroatoms. The van der Waals surface area contributed by atoms with Crippen LogP contribution in [-0.2, 0) is 4.79 Å². The zero-order valence-electron chi connectivity index (χ0n) is 18.5. The van der Waals surface area contributed by atoms with Crippen molar-refractivity contribution in [2.24, 2.45) is 0 Å². The summed E-state index contributed by atoms with van der Waals surface area (Å²) in [4.78, 5) is 20.6. The molecule has 1 aromatic carbocycles. The van der Waals surface area contributed by atoms with Crippen LogP contribution in [0.2, 0.25) is 0 Å². The first-order valence-corrected chi connectivity index (χ1v) is 10.0. The van der Waals surface area contributed by atoms with Crippen molar-refractivity contribution in [3.63, 3.8) is 0 Å². The van der Waals surface area contributed by atoms with Gasteiger partial charge in [0.1, 0.15) is 5.82 Å². The van der Waals surface area contributed by atoms with E-state index in [0.717, 1.165) is 34.4 Å². The number of nitrogens with zero attached hydrogens (tertiary/aromatic N) is 2. The van der Waals surface area contributed by atoms with Crippen molar-refractivity contribution in [1.29, 1.82) is 0 Å². The van der Waals surface area contributed by atoms with Crippen LogP contribution in [0.15, 0.2) is 36.5 Å².